The first-order valence-electron chi connectivity index (χ1n) is 15.2. The third-order valence-corrected chi connectivity index (χ3v) is 8.78. The minimum Gasteiger partial charge on any atom is -0.264 e. The van der Waals surface area contributed by atoms with Crippen LogP contribution in [0.15, 0.2) is 146 Å². The molecular formula is C41H30N4. The number of aromatic nitrogens is 4. The zero-order chi connectivity index (χ0) is 30.4. The SMILES string of the molecule is CC1(C)c2ccccc2-c2cccc(-c3cc(-c4cccnc4)cc(-c4nc(-c5ccccc5)nc(-c5ccccc5)n4)c3)c21. The van der Waals surface area contributed by atoms with Gasteiger partial charge in [0.05, 0.1) is 0 Å². The zero-order valence-electron chi connectivity index (χ0n) is 25.1. The lowest BCUT2D eigenvalue weighted by Gasteiger charge is -2.25. The first-order chi connectivity index (χ1) is 22.1. The quantitative estimate of drug-likeness (QED) is 0.204. The standard InChI is InChI=1S/C41H30N4/c1-41(2)36-21-10-9-18-34(36)35-20-11-19-33(37(35)41)31-23-30(29-17-12-22-42-26-29)24-32(25-31)40-44-38(27-13-5-3-6-14-27)43-39(45-40)28-15-7-4-8-16-28/h3-26H,1-2H3. The first-order valence-corrected chi connectivity index (χ1v) is 15.2. The van der Waals surface area contributed by atoms with Gasteiger partial charge in [-0.25, -0.2) is 15.0 Å². The van der Waals surface area contributed by atoms with Crippen molar-refractivity contribution in [3.63, 3.8) is 0 Å². The van der Waals surface area contributed by atoms with Crippen molar-refractivity contribution >= 4 is 0 Å². The maximum absolute atomic E-state index is 5.06. The molecule has 1 aliphatic rings. The van der Waals surface area contributed by atoms with Crippen molar-refractivity contribution < 1.29 is 0 Å². The van der Waals surface area contributed by atoms with Crippen LogP contribution in [0.5, 0.6) is 0 Å². The summed E-state index contributed by atoms with van der Waals surface area (Å²) >= 11 is 0. The Morgan fingerprint density at radius 2 is 0.956 bits per heavy atom. The summed E-state index contributed by atoms with van der Waals surface area (Å²) in [5.74, 6) is 1.92. The molecule has 0 unspecified atom stereocenters. The molecule has 45 heavy (non-hydrogen) atoms. The molecule has 0 bridgehead atoms. The Labute approximate surface area is 263 Å². The molecule has 0 atom stereocenters. The zero-order valence-corrected chi connectivity index (χ0v) is 25.1. The van der Waals surface area contributed by atoms with Crippen molar-refractivity contribution in [2.24, 2.45) is 0 Å². The van der Waals surface area contributed by atoms with Crippen molar-refractivity contribution in [2.75, 3.05) is 0 Å². The van der Waals surface area contributed by atoms with E-state index in [-0.39, 0.29) is 5.41 Å². The van der Waals surface area contributed by atoms with Gasteiger partial charge in [0.15, 0.2) is 17.5 Å². The molecule has 0 amide bonds. The van der Waals surface area contributed by atoms with Gasteiger partial charge in [-0.2, -0.15) is 0 Å². The van der Waals surface area contributed by atoms with Crippen LogP contribution in [0.4, 0.5) is 0 Å². The highest BCUT2D eigenvalue weighted by molar-refractivity contribution is 5.90. The van der Waals surface area contributed by atoms with E-state index in [1.165, 1.54) is 27.8 Å². The highest BCUT2D eigenvalue weighted by Crippen LogP contribution is 2.52. The van der Waals surface area contributed by atoms with Gasteiger partial charge in [0.1, 0.15) is 0 Å². The molecule has 0 saturated heterocycles. The molecule has 0 N–H and O–H groups in total. The molecule has 1 aliphatic carbocycles. The third kappa shape index (κ3) is 4.72. The second-order valence-electron chi connectivity index (χ2n) is 12.0. The number of fused-ring (bicyclic) bond motifs is 3. The number of benzene rings is 5. The fourth-order valence-electron chi connectivity index (χ4n) is 6.64. The molecule has 2 aromatic heterocycles. The minimum atomic E-state index is -0.152. The predicted octanol–water partition coefficient (Wildman–Crippen LogP) is 9.91. The summed E-state index contributed by atoms with van der Waals surface area (Å²) in [6.07, 6.45) is 3.72. The Bertz CT molecular complexity index is 2110. The molecule has 4 nitrogen and oxygen atoms in total. The molecule has 7 aromatic rings. The van der Waals surface area contributed by atoms with Crippen molar-refractivity contribution in [2.45, 2.75) is 19.3 Å². The lowest BCUT2D eigenvalue weighted by Crippen LogP contribution is -2.16. The van der Waals surface area contributed by atoms with E-state index in [4.69, 9.17) is 15.0 Å². The van der Waals surface area contributed by atoms with E-state index in [0.29, 0.717) is 17.5 Å². The second-order valence-corrected chi connectivity index (χ2v) is 12.0. The van der Waals surface area contributed by atoms with E-state index >= 15 is 0 Å². The molecule has 0 saturated carbocycles. The van der Waals surface area contributed by atoms with Crippen molar-refractivity contribution in [3.05, 3.63) is 157 Å². The second kappa shape index (κ2) is 10.8. The first kappa shape index (κ1) is 26.9. The average Bonchev–Trinajstić information content (AvgIpc) is 3.35. The summed E-state index contributed by atoms with van der Waals surface area (Å²) in [6.45, 7) is 4.66. The highest BCUT2D eigenvalue weighted by Gasteiger charge is 2.37. The van der Waals surface area contributed by atoms with Gasteiger partial charge in [-0.15, -0.1) is 0 Å². The summed E-state index contributed by atoms with van der Waals surface area (Å²) in [5, 5.41) is 0. The van der Waals surface area contributed by atoms with Gasteiger partial charge in [0.2, 0.25) is 0 Å². The van der Waals surface area contributed by atoms with Crippen LogP contribution in [0.2, 0.25) is 0 Å². The smallest absolute Gasteiger partial charge is 0.164 e. The van der Waals surface area contributed by atoms with Gasteiger partial charge in [-0.05, 0) is 63.2 Å². The molecule has 0 aliphatic heterocycles. The molecule has 5 aromatic carbocycles. The molecule has 4 heteroatoms. The minimum absolute atomic E-state index is 0.152. The average molecular weight is 579 g/mol. The molecule has 0 spiro atoms. The van der Waals surface area contributed by atoms with E-state index in [2.05, 4.69) is 85.6 Å². The molecule has 2 heterocycles. The fraction of sp³-hybridized carbons (Fsp3) is 0.0732. The normalized spacial score (nSPS) is 12.8. The van der Waals surface area contributed by atoms with Gasteiger partial charge in [0, 0.05) is 40.1 Å². The summed E-state index contributed by atoms with van der Waals surface area (Å²) in [6, 6.07) is 46.4. The van der Waals surface area contributed by atoms with Gasteiger partial charge < -0.3 is 0 Å². The van der Waals surface area contributed by atoms with Gasteiger partial charge in [-0.1, -0.05) is 123 Å². The number of hydrogen-bond acceptors (Lipinski definition) is 4. The Morgan fingerprint density at radius 3 is 1.62 bits per heavy atom. The van der Waals surface area contributed by atoms with Crippen molar-refractivity contribution in [1.82, 2.24) is 19.9 Å². The van der Waals surface area contributed by atoms with Crippen molar-refractivity contribution in [1.29, 1.82) is 0 Å². The van der Waals surface area contributed by atoms with Crippen LogP contribution in [0.25, 0.3) is 67.5 Å². The van der Waals surface area contributed by atoms with E-state index in [0.717, 1.165) is 33.4 Å². The van der Waals surface area contributed by atoms with Crippen LogP contribution in [0.3, 0.4) is 0 Å². The molecule has 214 valence electrons. The molecule has 0 radical (unpaired) electrons. The Kier molecular flexibility index (Phi) is 6.42. The Hall–Kier alpha value is -5.74. The fourth-order valence-corrected chi connectivity index (χ4v) is 6.64. The lowest BCUT2D eigenvalue weighted by molar-refractivity contribution is 0.662. The number of pyridine rings is 1. The number of hydrogen-bond donors (Lipinski definition) is 0. The summed E-state index contributed by atoms with van der Waals surface area (Å²) < 4.78 is 0. The largest absolute Gasteiger partial charge is 0.264 e. The van der Waals surface area contributed by atoms with E-state index in [9.17, 15) is 0 Å². The van der Waals surface area contributed by atoms with Crippen molar-refractivity contribution in [3.8, 4) is 67.5 Å². The molecule has 8 rings (SSSR count). The van der Waals surface area contributed by atoms with Crippen LogP contribution in [0.1, 0.15) is 25.0 Å². The van der Waals surface area contributed by atoms with Crippen LogP contribution >= 0.6 is 0 Å². The van der Waals surface area contributed by atoms with E-state index < -0.39 is 0 Å². The van der Waals surface area contributed by atoms with Gasteiger partial charge in [0.25, 0.3) is 0 Å². The maximum Gasteiger partial charge on any atom is 0.164 e. The van der Waals surface area contributed by atoms with Gasteiger partial charge in [-0.3, -0.25) is 4.98 Å². The number of rotatable bonds is 5. The maximum atomic E-state index is 5.06. The predicted molar refractivity (Wildman–Crippen MR) is 182 cm³/mol. The number of nitrogens with zero attached hydrogens (tertiary/aromatic N) is 4. The molecule has 0 fully saturated rings. The highest BCUT2D eigenvalue weighted by atomic mass is 15.0. The summed E-state index contributed by atoms with van der Waals surface area (Å²) in [4.78, 5) is 19.5. The van der Waals surface area contributed by atoms with Gasteiger partial charge >= 0.3 is 0 Å². The monoisotopic (exact) mass is 578 g/mol. The van der Waals surface area contributed by atoms with Crippen LogP contribution in [-0.4, -0.2) is 19.9 Å². The lowest BCUT2D eigenvalue weighted by atomic mass is 9.78. The third-order valence-electron chi connectivity index (χ3n) is 8.78. The van der Waals surface area contributed by atoms with Crippen LogP contribution in [0, 0.1) is 0 Å². The van der Waals surface area contributed by atoms with E-state index in [1.807, 2.05) is 79.1 Å². The van der Waals surface area contributed by atoms with Crippen LogP contribution < -0.4 is 0 Å². The molecular weight excluding hydrogens is 548 g/mol. The van der Waals surface area contributed by atoms with Crippen LogP contribution in [-0.2, 0) is 5.41 Å². The topological polar surface area (TPSA) is 51.6 Å². The summed E-state index contributed by atoms with van der Waals surface area (Å²) in [5.41, 5.74) is 12.4. The Balaban J connectivity index is 1.38. The Morgan fingerprint density at radius 1 is 0.422 bits per heavy atom. The van der Waals surface area contributed by atoms with E-state index in [1.54, 1.807) is 0 Å². The summed E-state index contributed by atoms with van der Waals surface area (Å²) in [7, 11) is 0.